The molecule has 1 aliphatic rings. The van der Waals surface area contributed by atoms with Crippen molar-refractivity contribution in [3.8, 4) is 0 Å². The lowest BCUT2D eigenvalue weighted by Crippen LogP contribution is -2.91. The van der Waals surface area contributed by atoms with Crippen LogP contribution in [0.15, 0.2) is 48.5 Å². The molecule has 3 N–H and O–H groups in total. The van der Waals surface area contributed by atoms with Crippen LogP contribution in [0.2, 0.25) is 10.0 Å². The lowest BCUT2D eigenvalue weighted by Gasteiger charge is -2.45. The van der Waals surface area contributed by atoms with Crippen LogP contribution in [0.1, 0.15) is 56.3 Å². The highest BCUT2D eigenvalue weighted by Crippen LogP contribution is 2.41. The third-order valence-corrected chi connectivity index (χ3v) is 6.14. The first-order valence-corrected chi connectivity index (χ1v) is 9.77. The smallest absolute Gasteiger partial charge is 0.117 e. The Kier molecular flexibility index (Phi) is 5.75. The number of hydrogen-bond acceptors (Lipinski definition) is 1. The van der Waals surface area contributed by atoms with E-state index in [1.165, 1.54) is 11.1 Å². The highest BCUT2D eigenvalue weighted by Gasteiger charge is 2.48. The maximum absolute atomic E-state index is 11.4. The van der Waals surface area contributed by atoms with E-state index in [0.29, 0.717) is 0 Å². The van der Waals surface area contributed by atoms with Crippen molar-refractivity contribution in [3.05, 3.63) is 69.7 Å². The SMILES string of the molecule is CCC[C@]1(O)C[C@@H](c2ccc(Cl)cc2)[NH2+][C@H](c2ccc(Cl)cc2)[C@@H]1C. The molecular weight excluding hydrogens is 353 g/mol. The first-order chi connectivity index (χ1) is 11.9. The molecule has 2 aromatic carbocycles. The summed E-state index contributed by atoms with van der Waals surface area (Å²) in [4.78, 5) is 0. The molecule has 1 fully saturated rings. The second kappa shape index (κ2) is 7.67. The fourth-order valence-electron chi connectivity index (χ4n) is 4.17. The van der Waals surface area contributed by atoms with Gasteiger partial charge in [-0.05, 0) is 30.7 Å². The molecule has 0 saturated carbocycles. The summed E-state index contributed by atoms with van der Waals surface area (Å²) in [6.45, 7) is 4.31. The van der Waals surface area contributed by atoms with E-state index < -0.39 is 5.60 Å². The second-order valence-electron chi connectivity index (χ2n) is 7.27. The van der Waals surface area contributed by atoms with E-state index in [-0.39, 0.29) is 18.0 Å². The van der Waals surface area contributed by atoms with Gasteiger partial charge in [-0.1, -0.05) is 67.7 Å². The maximum atomic E-state index is 11.4. The summed E-state index contributed by atoms with van der Waals surface area (Å²) in [6.07, 6.45) is 2.55. The number of piperidine rings is 1. The Bertz CT molecular complexity index is 701. The second-order valence-corrected chi connectivity index (χ2v) is 8.15. The zero-order valence-electron chi connectivity index (χ0n) is 14.8. The topological polar surface area (TPSA) is 36.8 Å². The lowest BCUT2D eigenvalue weighted by molar-refractivity contribution is -0.756. The van der Waals surface area contributed by atoms with Crippen LogP contribution in [0.3, 0.4) is 0 Å². The van der Waals surface area contributed by atoms with Gasteiger partial charge >= 0.3 is 0 Å². The largest absolute Gasteiger partial charge is 0.389 e. The summed E-state index contributed by atoms with van der Waals surface area (Å²) in [5.74, 6) is 0.164. The standard InChI is InChI=1S/C21H25Cl2NO/c1-3-12-21(25)13-19(15-4-8-17(22)9-5-15)24-20(14(21)2)16-6-10-18(23)11-7-16/h4-11,14,19-20,24-25H,3,12-13H2,1-2H3/p+1/t14-,19-,20-,21-/m0/s1. The van der Waals surface area contributed by atoms with E-state index in [1.54, 1.807) is 0 Å². The number of quaternary nitrogens is 1. The molecule has 0 unspecified atom stereocenters. The van der Waals surface area contributed by atoms with Crippen molar-refractivity contribution in [2.24, 2.45) is 5.92 Å². The first-order valence-electron chi connectivity index (χ1n) is 9.01. The molecule has 0 radical (unpaired) electrons. The van der Waals surface area contributed by atoms with Gasteiger partial charge in [-0.2, -0.15) is 0 Å². The molecule has 0 spiro atoms. The Hall–Kier alpha value is -1.06. The van der Waals surface area contributed by atoms with Crippen molar-refractivity contribution in [2.45, 2.75) is 50.8 Å². The molecule has 4 atom stereocenters. The summed E-state index contributed by atoms with van der Waals surface area (Å²) in [6, 6.07) is 16.4. The molecule has 0 aliphatic carbocycles. The Morgan fingerprint density at radius 2 is 1.52 bits per heavy atom. The van der Waals surface area contributed by atoms with E-state index in [2.05, 4.69) is 43.4 Å². The summed E-state index contributed by atoms with van der Waals surface area (Å²) < 4.78 is 0. The summed E-state index contributed by atoms with van der Waals surface area (Å²) >= 11 is 12.1. The van der Waals surface area contributed by atoms with Crippen LogP contribution in [-0.4, -0.2) is 10.7 Å². The third-order valence-electron chi connectivity index (χ3n) is 5.64. The van der Waals surface area contributed by atoms with Crippen LogP contribution in [0.4, 0.5) is 0 Å². The minimum absolute atomic E-state index is 0.164. The van der Waals surface area contributed by atoms with Gasteiger partial charge in [0.25, 0.3) is 0 Å². The van der Waals surface area contributed by atoms with Crippen molar-refractivity contribution in [1.29, 1.82) is 0 Å². The van der Waals surface area contributed by atoms with Gasteiger partial charge in [0.1, 0.15) is 12.1 Å². The highest BCUT2D eigenvalue weighted by molar-refractivity contribution is 6.30. The normalized spacial score (nSPS) is 29.6. The van der Waals surface area contributed by atoms with Gasteiger partial charge in [0.2, 0.25) is 0 Å². The van der Waals surface area contributed by atoms with Crippen molar-refractivity contribution in [2.75, 3.05) is 0 Å². The highest BCUT2D eigenvalue weighted by atomic mass is 35.5. The predicted octanol–water partition coefficient (Wildman–Crippen LogP) is 4.91. The van der Waals surface area contributed by atoms with Gasteiger partial charge in [-0.3, -0.25) is 0 Å². The monoisotopic (exact) mass is 378 g/mol. The predicted molar refractivity (Wildman–Crippen MR) is 104 cm³/mol. The van der Waals surface area contributed by atoms with Crippen molar-refractivity contribution < 1.29 is 10.4 Å². The third kappa shape index (κ3) is 4.03. The Labute approximate surface area is 160 Å². The lowest BCUT2D eigenvalue weighted by atomic mass is 9.70. The quantitative estimate of drug-likeness (QED) is 0.778. The molecule has 0 amide bonds. The molecule has 0 aromatic heterocycles. The average Bonchev–Trinajstić information content (AvgIpc) is 2.59. The van der Waals surface area contributed by atoms with Crippen LogP contribution in [0.5, 0.6) is 0 Å². The molecule has 25 heavy (non-hydrogen) atoms. The minimum Gasteiger partial charge on any atom is -0.389 e. The molecular formula is C21H26Cl2NO+. The van der Waals surface area contributed by atoms with E-state index in [4.69, 9.17) is 23.2 Å². The zero-order chi connectivity index (χ0) is 18.0. The van der Waals surface area contributed by atoms with Crippen molar-refractivity contribution in [1.82, 2.24) is 0 Å². The van der Waals surface area contributed by atoms with Gasteiger partial charge in [0.15, 0.2) is 0 Å². The number of halogens is 2. The van der Waals surface area contributed by atoms with Crippen LogP contribution >= 0.6 is 23.2 Å². The summed E-state index contributed by atoms with van der Waals surface area (Å²) in [7, 11) is 0. The van der Waals surface area contributed by atoms with E-state index in [9.17, 15) is 5.11 Å². The van der Waals surface area contributed by atoms with Gasteiger partial charge in [-0.15, -0.1) is 0 Å². The van der Waals surface area contributed by atoms with E-state index in [1.807, 2.05) is 24.3 Å². The molecule has 2 aromatic rings. The van der Waals surface area contributed by atoms with E-state index >= 15 is 0 Å². The van der Waals surface area contributed by atoms with Crippen LogP contribution in [0.25, 0.3) is 0 Å². The molecule has 4 heteroatoms. The Morgan fingerprint density at radius 3 is 2.04 bits per heavy atom. The number of aliphatic hydroxyl groups is 1. The molecule has 0 bridgehead atoms. The van der Waals surface area contributed by atoms with Gasteiger partial charge < -0.3 is 10.4 Å². The summed E-state index contributed by atoms with van der Waals surface area (Å²) in [5.41, 5.74) is 1.76. The van der Waals surface area contributed by atoms with Gasteiger partial charge in [-0.25, -0.2) is 0 Å². The maximum Gasteiger partial charge on any atom is 0.117 e. The number of hydrogen-bond donors (Lipinski definition) is 2. The zero-order valence-corrected chi connectivity index (χ0v) is 16.3. The molecule has 1 saturated heterocycles. The number of nitrogens with two attached hydrogens (primary N) is 1. The summed E-state index contributed by atoms with van der Waals surface area (Å²) in [5, 5.41) is 15.3. The van der Waals surface area contributed by atoms with Crippen molar-refractivity contribution >= 4 is 23.2 Å². The van der Waals surface area contributed by atoms with Crippen LogP contribution < -0.4 is 5.32 Å². The average molecular weight is 379 g/mol. The minimum atomic E-state index is -0.669. The molecule has 134 valence electrons. The number of rotatable bonds is 4. The molecule has 1 aliphatic heterocycles. The number of benzene rings is 2. The van der Waals surface area contributed by atoms with Crippen LogP contribution in [-0.2, 0) is 0 Å². The van der Waals surface area contributed by atoms with E-state index in [0.717, 1.165) is 29.3 Å². The molecule has 2 nitrogen and oxygen atoms in total. The molecule has 3 rings (SSSR count). The first kappa shape index (κ1) is 18.7. The molecule has 1 heterocycles. The Morgan fingerprint density at radius 1 is 1.00 bits per heavy atom. The fraction of sp³-hybridized carbons (Fsp3) is 0.429. The van der Waals surface area contributed by atoms with Crippen LogP contribution in [0, 0.1) is 5.92 Å². The van der Waals surface area contributed by atoms with Crippen molar-refractivity contribution in [3.63, 3.8) is 0 Å². The van der Waals surface area contributed by atoms with Gasteiger partial charge in [0, 0.05) is 33.5 Å². The Balaban J connectivity index is 1.95. The fourth-order valence-corrected chi connectivity index (χ4v) is 4.42. The van der Waals surface area contributed by atoms with Gasteiger partial charge in [0.05, 0.1) is 5.60 Å².